The number of imidazole rings is 1. The summed E-state index contributed by atoms with van der Waals surface area (Å²) in [7, 11) is 0. The van der Waals surface area contributed by atoms with E-state index in [0.717, 1.165) is 0 Å². The minimum Gasteiger partial charge on any atom is -0.481 e. The van der Waals surface area contributed by atoms with Crippen LogP contribution in [0.3, 0.4) is 0 Å². The van der Waals surface area contributed by atoms with Crippen LogP contribution in [0, 0.1) is 5.92 Å². The molecule has 1 atom stereocenters. The molecule has 6 heteroatoms. The van der Waals surface area contributed by atoms with Crippen LogP contribution in [-0.2, 0) is 4.79 Å². The minimum absolute atomic E-state index is 0.232. The summed E-state index contributed by atoms with van der Waals surface area (Å²) in [5, 5.41) is 8.94. The molecule has 0 aliphatic heterocycles. The van der Waals surface area contributed by atoms with Gasteiger partial charge in [0.25, 0.3) is 0 Å². The van der Waals surface area contributed by atoms with Gasteiger partial charge in [0.2, 0.25) is 0 Å². The maximum atomic E-state index is 12.0. The highest BCUT2D eigenvalue weighted by Crippen LogP contribution is 2.16. The number of rotatable bonds is 4. The number of ketones is 1. The largest absolute Gasteiger partial charge is 0.481 e. The molecule has 1 unspecified atom stereocenters. The molecule has 0 spiro atoms. The van der Waals surface area contributed by atoms with Crippen LogP contribution in [0.2, 0.25) is 0 Å². The van der Waals surface area contributed by atoms with Crippen LogP contribution in [0.1, 0.15) is 23.7 Å². The summed E-state index contributed by atoms with van der Waals surface area (Å²) in [5.41, 5.74) is 0.998. The fraction of sp³-hybridized carbons (Fsp3) is 0.250. The Morgan fingerprint density at radius 3 is 2.56 bits per heavy atom. The van der Waals surface area contributed by atoms with E-state index in [1.165, 1.54) is 12.1 Å². The van der Waals surface area contributed by atoms with Gasteiger partial charge in [0.1, 0.15) is 5.92 Å². The molecule has 0 aliphatic carbocycles. The van der Waals surface area contributed by atoms with Crippen LogP contribution in [0.25, 0.3) is 11.0 Å². The third kappa shape index (κ3) is 2.04. The number of aliphatic carboxylic acids is 1. The van der Waals surface area contributed by atoms with Gasteiger partial charge in [-0.15, -0.1) is 0 Å². The molecular weight excluding hydrogens is 236 g/mol. The van der Waals surface area contributed by atoms with Gasteiger partial charge in [-0.3, -0.25) is 9.59 Å². The van der Waals surface area contributed by atoms with Gasteiger partial charge in [-0.05, 0) is 24.6 Å². The highest BCUT2D eigenvalue weighted by atomic mass is 16.4. The SMILES string of the molecule is CCC(C(=O)O)C(=O)c1ccc2[nH]c(=O)[nH]c2c1. The summed E-state index contributed by atoms with van der Waals surface area (Å²) < 4.78 is 0. The van der Waals surface area contributed by atoms with Crippen molar-refractivity contribution < 1.29 is 14.7 Å². The molecule has 0 saturated heterocycles. The van der Waals surface area contributed by atoms with Crippen molar-refractivity contribution in [3.63, 3.8) is 0 Å². The van der Waals surface area contributed by atoms with Crippen LogP contribution in [0.5, 0.6) is 0 Å². The molecule has 94 valence electrons. The Kier molecular flexibility index (Phi) is 3.01. The van der Waals surface area contributed by atoms with Gasteiger partial charge in [0, 0.05) is 5.56 Å². The third-order valence-corrected chi connectivity index (χ3v) is 2.82. The standard InChI is InChI=1S/C12H12N2O4/c1-2-7(11(16)17)10(15)6-3-4-8-9(5-6)14-12(18)13-8/h3-5,7H,2H2,1H3,(H,16,17)(H2,13,14,18). The van der Waals surface area contributed by atoms with Crippen molar-refractivity contribution in [3.8, 4) is 0 Å². The maximum Gasteiger partial charge on any atom is 0.323 e. The quantitative estimate of drug-likeness (QED) is 0.557. The molecule has 3 N–H and O–H groups in total. The molecule has 0 saturated carbocycles. The molecule has 1 aromatic carbocycles. The number of hydrogen-bond donors (Lipinski definition) is 3. The van der Waals surface area contributed by atoms with E-state index in [9.17, 15) is 14.4 Å². The number of benzene rings is 1. The second-order valence-corrected chi connectivity index (χ2v) is 4.00. The van der Waals surface area contributed by atoms with Gasteiger partial charge in [0.05, 0.1) is 11.0 Å². The molecule has 1 heterocycles. The monoisotopic (exact) mass is 248 g/mol. The van der Waals surface area contributed by atoms with E-state index in [0.29, 0.717) is 11.0 Å². The number of carboxylic acid groups (broad SMARTS) is 1. The number of carbonyl (C=O) groups excluding carboxylic acids is 1. The predicted octanol–water partition coefficient (Wildman–Crippen LogP) is 1.15. The molecule has 0 fully saturated rings. The number of H-pyrrole nitrogens is 2. The number of hydrogen-bond acceptors (Lipinski definition) is 3. The Morgan fingerprint density at radius 1 is 1.28 bits per heavy atom. The highest BCUT2D eigenvalue weighted by molar-refractivity contribution is 6.09. The lowest BCUT2D eigenvalue weighted by Gasteiger charge is -2.08. The number of carboxylic acids is 1. The Hall–Kier alpha value is -2.37. The number of aromatic nitrogens is 2. The Labute approximate surface area is 102 Å². The smallest absolute Gasteiger partial charge is 0.323 e. The number of aromatic amines is 2. The normalized spacial score (nSPS) is 12.5. The molecular formula is C12H12N2O4. The molecule has 0 amide bonds. The predicted molar refractivity (Wildman–Crippen MR) is 64.7 cm³/mol. The second kappa shape index (κ2) is 4.48. The Morgan fingerprint density at radius 2 is 1.94 bits per heavy atom. The van der Waals surface area contributed by atoms with Gasteiger partial charge in [-0.1, -0.05) is 6.92 Å². The molecule has 1 aromatic heterocycles. The lowest BCUT2D eigenvalue weighted by molar-refractivity contribution is -0.140. The summed E-state index contributed by atoms with van der Waals surface area (Å²) in [6, 6.07) is 4.58. The van der Waals surface area contributed by atoms with E-state index in [-0.39, 0.29) is 17.7 Å². The van der Waals surface area contributed by atoms with Gasteiger partial charge in [-0.25, -0.2) is 4.79 Å². The van der Waals surface area contributed by atoms with Crippen LogP contribution < -0.4 is 5.69 Å². The third-order valence-electron chi connectivity index (χ3n) is 2.82. The average Bonchev–Trinajstić information content (AvgIpc) is 2.68. The highest BCUT2D eigenvalue weighted by Gasteiger charge is 2.25. The number of carbonyl (C=O) groups is 2. The summed E-state index contributed by atoms with van der Waals surface area (Å²) in [5.74, 6) is -2.63. The van der Waals surface area contributed by atoms with Gasteiger partial charge < -0.3 is 15.1 Å². The number of nitrogens with one attached hydrogen (secondary N) is 2. The van der Waals surface area contributed by atoms with E-state index in [1.54, 1.807) is 13.0 Å². The summed E-state index contributed by atoms with van der Waals surface area (Å²) in [6.07, 6.45) is 0.232. The van der Waals surface area contributed by atoms with Crippen molar-refractivity contribution in [1.82, 2.24) is 9.97 Å². The summed E-state index contributed by atoms with van der Waals surface area (Å²) >= 11 is 0. The summed E-state index contributed by atoms with van der Waals surface area (Å²) in [6.45, 7) is 1.65. The molecule has 2 aromatic rings. The molecule has 2 rings (SSSR count). The zero-order valence-electron chi connectivity index (χ0n) is 9.69. The Balaban J connectivity index is 2.44. The van der Waals surface area contributed by atoms with Gasteiger partial charge in [0.15, 0.2) is 5.78 Å². The van der Waals surface area contributed by atoms with Crippen molar-refractivity contribution in [2.75, 3.05) is 0 Å². The van der Waals surface area contributed by atoms with Crippen molar-refractivity contribution in [2.45, 2.75) is 13.3 Å². The van der Waals surface area contributed by atoms with Gasteiger partial charge in [-0.2, -0.15) is 0 Å². The van der Waals surface area contributed by atoms with Crippen LogP contribution in [0.15, 0.2) is 23.0 Å². The molecule has 6 nitrogen and oxygen atoms in total. The zero-order chi connectivity index (χ0) is 13.3. The molecule has 0 aliphatic rings. The summed E-state index contributed by atoms with van der Waals surface area (Å²) in [4.78, 5) is 39.1. The first-order valence-corrected chi connectivity index (χ1v) is 5.52. The second-order valence-electron chi connectivity index (χ2n) is 4.00. The fourth-order valence-electron chi connectivity index (χ4n) is 1.86. The first-order valence-electron chi connectivity index (χ1n) is 5.52. The zero-order valence-corrected chi connectivity index (χ0v) is 9.69. The number of fused-ring (bicyclic) bond motifs is 1. The van der Waals surface area contributed by atoms with E-state index >= 15 is 0 Å². The van der Waals surface area contributed by atoms with Crippen LogP contribution in [-0.4, -0.2) is 26.8 Å². The molecule has 0 bridgehead atoms. The lowest BCUT2D eigenvalue weighted by Crippen LogP contribution is -2.23. The van der Waals surface area contributed by atoms with Crippen molar-refractivity contribution in [3.05, 3.63) is 34.2 Å². The lowest BCUT2D eigenvalue weighted by atomic mass is 9.95. The average molecular weight is 248 g/mol. The van der Waals surface area contributed by atoms with E-state index in [2.05, 4.69) is 9.97 Å². The topological polar surface area (TPSA) is 103 Å². The number of Topliss-reactive ketones (excluding diaryl/α,β-unsaturated/α-hetero) is 1. The minimum atomic E-state index is -1.13. The first kappa shape index (κ1) is 12.1. The maximum absolute atomic E-state index is 12.0. The van der Waals surface area contributed by atoms with Crippen molar-refractivity contribution in [2.24, 2.45) is 5.92 Å². The van der Waals surface area contributed by atoms with E-state index in [4.69, 9.17) is 5.11 Å². The molecule has 18 heavy (non-hydrogen) atoms. The first-order chi connectivity index (χ1) is 8.52. The van der Waals surface area contributed by atoms with E-state index in [1.807, 2.05) is 0 Å². The van der Waals surface area contributed by atoms with Crippen molar-refractivity contribution >= 4 is 22.8 Å². The Bertz CT molecular complexity index is 668. The van der Waals surface area contributed by atoms with Crippen LogP contribution in [0.4, 0.5) is 0 Å². The van der Waals surface area contributed by atoms with E-state index < -0.39 is 17.7 Å². The fourth-order valence-corrected chi connectivity index (χ4v) is 1.86. The van der Waals surface area contributed by atoms with Crippen molar-refractivity contribution in [1.29, 1.82) is 0 Å². The molecule has 0 radical (unpaired) electrons. The van der Waals surface area contributed by atoms with Crippen LogP contribution >= 0.6 is 0 Å². The van der Waals surface area contributed by atoms with Gasteiger partial charge >= 0.3 is 11.7 Å².